The van der Waals surface area contributed by atoms with Gasteiger partial charge in [-0.15, -0.1) is 0 Å². The first-order chi connectivity index (χ1) is 8.39. The summed E-state index contributed by atoms with van der Waals surface area (Å²) >= 11 is 0. The van der Waals surface area contributed by atoms with Gasteiger partial charge < -0.3 is 5.32 Å². The van der Waals surface area contributed by atoms with E-state index in [0.717, 1.165) is 13.1 Å². The molecule has 0 aromatic rings. The van der Waals surface area contributed by atoms with Crippen molar-refractivity contribution in [3.05, 3.63) is 0 Å². The van der Waals surface area contributed by atoms with Crippen molar-refractivity contribution in [3.63, 3.8) is 0 Å². The summed E-state index contributed by atoms with van der Waals surface area (Å²) in [5.74, 6) is 1.39. The molecule has 3 unspecified atom stereocenters. The van der Waals surface area contributed by atoms with Gasteiger partial charge in [0.1, 0.15) is 0 Å². The molecule has 5 heteroatoms. The zero-order chi connectivity index (χ0) is 13.3. The molecule has 4 nitrogen and oxygen atoms in total. The Morgan fingerprint density at radius 2 is 2.06 bits per heavy atom. The van der Waals surface area contributed by atoms with Crippen molar-refractivity contribution in [2.75, 3.05) is 24.6 Å². The van der Waals surface area contributed by atoms with Crippen molar-refractivity contribution in [2.45, 2.75) is 51.7 Å². The molecule has 1 N–H and O–H groups in total. The number of sulfone groups is 1. The molecule has 1 saturated carbocycles. The standard InChI is InChI=1S/C13H26N2O2S/c1-10(2)14-8-12-4-5-13(12)15-6-7-18(16,17)9-11(15)3/h10-14H,4-9H2,1-3H3. The van der Waals surface area contributed by atoms with Crippen LogP contribution in [0.4, 0.5) is 0 Å². The Balaban J connectivity index is 1.88. The van der Waals surface area contributed by atoms with Gasteiger partial charge in [0.2, 0.25) is 0 Å². The molecule has 1 aliphatic carbocycles. The van der Waals surface area contributed by atoms with E-state index in [0.29, 0.717) is 29.5 Å². The Labute approximate surface area is 111 Å². The smallest absolute Gasteiger partial charge is 0.153 e. The van der Waals surface area contributed by atoms with E-state index in [-0.39, 0.29) is 6.04 Å². The third-order valence-electron chi connectivity index (χ3n) is 4.31. The first kappa shape index (κ1) is 14.3. The monoisotopic (exact) mass is 274 g/mol. The van der Waals surface area contributed by atoms with E-state index >= 15 is 0 Å². The van der Waals surface area contributed by atoms with E-state index in [9.17, 15) is 8.42 Å². The minimum Gasteiger partial charge on any atom is -0.314 e. The Kier molecular flexibility index (Phi) is 4.34. The second-order valence-corrected chi connectivity index (χ2v) is 8.40. The van der Waals surface area contributed by atoms with Crippen LogP contribution in [0, 0.1) is 5.92 Å². The summed E-state index contributed by atoms with van der Waals surface area (Å²) in [6, 6.07) is 1.32. The second-order valence-electron chi connectivity index (χ2n) is 6.17. The highest BCUT2D eigenvalue weighted by molar-refractivity contribution is 7.91. The fourth-order valence-electron chi connectivity index (χ4n) is 3.12. The molecule has 2 fully saturated rings. The molecule has 0 radical (unpaired) electrons. The lowest BCUT2D eigenvalue weighted by atomic mass is 9.77. The molecule has 106 valence electrons. The highest BCUT2D eigenvalue weighted by atomic mass is 32.2. The van der Waals surface area contributed by atoms with Crippen molar-refractivity contribution < 1.29 is 8.42 Å². The van der Waals surface area contributed by atoms with Gasteiger partial charge in [0.05, 0.1) is 11.5 Å². The van der Waals surface area contributed by atoms with Crippen molar-refractivity contribution in [2.24, 2.45) is 5.92 Å². The molecule has 0 spiro atoms. The normalized spacial score (nSPS) is 36.6. The lowest BCUT2D eigenvalue weighted by molar-refractivity contribution is 0.0397. The Hall–Kier alpha value is -0.130. The molecule has 0 bridgehead atoms. The maximum absolute atomic E-state index is 11.6. The Morgan fingerprint density at radius 1 is 1.33 bits per heavy atom. The van der Waals surface area contributed by atoms with Crippen LogP contribution in [0.2, 0.25) is 0 Å². The molecule has 3 atom stereocenters. The average Bonchev–Trinajstić information content (AvgIpc) is 2.19. The fraction of sp³-hybridized carbons (Fsp3) is 1.00. The zero-order valence-electron chi connectivity index (χ0n) is 11.7. The third kappa shape index (κ3) is 3.25. The van der Waals surface area contributed by atoms with Gasteiger partial charge in [-0.25, -0.2) is 8.42 Å². The first-order valence-corrected chi connectivity index (χ1v) is 8.91. The third-order valence-corrected chi connectivity index (χ3v) is 6.11. The van der Waals surface area contributed by atoms with Gasteiger partial charge in [-0.1, -0.05) is 13.8 Å². The summed E-state index contributed by atoms with van der Waals surface area (Å²) < 4.78 is 23.2. The van der Waals surface area contributed by atoms with Gasteiger partial charge >= 0.3 is 0 Å². The number of hydrogen-bond acceptors (Lipinski definition) is 4. The van der Waals surface area contributed by atoms with Gasteiger partial charge in [0, 0.05) is 24.7 Å². The van der Waals surface area contributed by atoms with Crippen LogP contribution < -0.4 is 5.32 Å². The van der Waals surface area contributed by atoms with Gasteiger partial charge in [-0.2, -0.15) is 0 Å². The average molecular weight is 274 g/mol. The SMILES string of the molecule is CC(C)NCC1CCC1N1CCS(=O)(=O)CC1C. The molecule has 2 rings (SSSR count). The minimum atomic E-state index is -2.78. The molecule has 1 aliphatic heterocycles. The van der Waals surface area contributed by atoms with Crippen LogP contribution in [0.5, 0.6) is 0 Å². The van der Waals surface area contributed by atoms with E-state index < -0.39 is 9.84 Å². The van der Waals surface area contributed by atoms with Crippen molar-refractivity contribution in [1.29, 1.82) is 0 Å². The Morgan fingerprint density at radius 3 is 2.56 bits per heavy atom. The van der Waals surface area contributed by atoms with Crippen LogP contribution in [-0.4, -0.2) is 56.0 Å². The summed E-state index contributed by atoms with van der Waals surface area (Å²) in [4.78, 5) is 2.43. The summed E-state index contributed by atoms with van der Waals surface area (Å²) in [6.45, 7) is 8.19. The minimum absolute atomic E-state index is 0.190. The van der Waals surface area contributed by atoms with Crippen LogP contribution in [0.15, 0.2) is 0 Å². The van der Waals surface area contributed by atoms with Crippen LogP contribution in [0.1, 0.15) is 33.6 Å². The van der Waals surface area contributed by atoms with Gasteiger partial charge in [-0.05, 0) is 32.2 Å². The quantitative estimate of drug-likeness (QED) is 0.827. The van der Waals surface area contributed by atoms with E-state index in [2.05, 4.69) is 31.0 Å². The summed E-state index contributed by atoms with van der Waals surface area (Å²) in [6.07, 6.45) is 2.51. The van der Waals surface area contributed by atoms with Crippen molar-refractivity contribution in [1.82, 2.24) is 10.2 Å². The largest absolute Gasteiger partial charge is 0.314 e. The fourth-order valence-corrected chi connectivity index (χ4v) is 4.70. The molecular formula is C13H26N2O2S. The lowest BCUT2D eigenvalue weighted by Crippen LogP contribution is -2.58. The topological polar surface area (TPSA) is 49.4 Å². The van der Waals surface area contributed by atoms with Crippen LogP contribution >= 0.6 is 0 Å². The number of nitrogens with one attached hydrogen (secondary N) is 1. The molecule has 18 heavy (non-hydrogen) atoms. The molecule has 2 aliphatic rings. The van der Waals surface area contributed by atoms with Crippen molar-refractivity contribution in [3.8, 4) is 0 Å². The van der Waals surface area contributed by atoms with E-state index in [1.165, 1.54) is 12.8 Å². The number of nitrogens with zero attached hydrogens (tertiary/aromatic N) is 1. The summed E-state index contributed by atoms with van der Waals surface area (Å²) in [5, 5.41) is 3.50. The van der Waals surface area contributed by atoms with Gasteiger partial charge in [-0.3, -0.25) is 4.90 Å². The second kappa shape index (κ2) is 5.47. The summed E-state index contributed by atoms with van der Waals surface area (Å²) in [5.41, 5.74) is 0. The van der Waals surface area contributed by atoms with E-state index in [1.807, 2.05) is 0 Å². The number of hydrogen-bond donors (Lipinski definition) is 1. The molecule has 0 aromatic heterocycles. The zero-order valence-corrected chi connectivity index (χ0v) is 12.5. The van der Waals surface area contributed by atoms with E-state index in [4.69, 9.17) is 0 Å². The lowest BCUT2D eigenvalue weighted by Gasteiger charge is -2.48. The van der Waals surface area contributed by atoms with Crippen LogP contribution in [0.3, 0.4) is 0 Å². The summed E-state index contributed by atoms with van der Waals surface area (Å²) in [7, 11) is -2.78. The number of rotatable bonds is 4. The predicted molar refractivity (Wildman–Crippen MR) is 74.5 cm³/mol. The first-order valence-electron chi connectivity index (χ1n) is 7.08. The molecule has 0 aromatic carbocycles. The molecule has 1 saturated heterocycles. The van der Waals surface area contributed by atoms with Crippen LogP contribution in [0.25, 0.3) is 0 Å². The molecule has 0 amide bonds. The highest BCUT2D eigenvalue weighted by Crippen LogP contribution is 2.34. The molecular weight excluding hydrogens is 248 g/mol. The van der Waals surface area contributed by atoms with Gasteiger partial charge in [0.25, 0.3) is 0 Å². The van der Waals surface area contributed by atoms with Crippen molar-refractivity contribution >= 4 is 9.84 Å². The van der Waals surface area contributed by atoms with E-state index in [1.54, 1.807) is 0 Å². The molecule has 1 heterocycles. The highest BCUT2D eigenvalue weighted by Gasteiger charge is 2.40. The Bertz CT molecular complexity index is 380. The van der Waals surface area contributed by atoms with Crippen LogP contribution in [-0.2, 0) is 9.84 Å². The van der Waals surface area contributed by atoms with Gasteiger partial charge in [0.15, 0.2) is 9.84 Å². The predicted octanol–water partition coefficient (Wildman–Crippen LogP) is 0.882. The maximum Gasteiger partial charge on any atom is 0.153 e. The maximum atomic E-state index is 11.6.